The maximum absolute atomic E-state index is 7.75. The van der Waals surface area contributed by atoms with Crippen molar-refractivity contribution in [3.63, 3.8) is 0 Å². The molecule has 1 aromatic rings. The highest BCUT2D eigenvalue weighted by molar-refractivity contribution is 5.86. The summed E-state index contributed by atoms with van der Waals surface area (Å²) in [5.74, 6) is 2.51. The number of hydrogen-bond donors (Lipinski definition) is 1. The highest BCUT2D eigenvalue weighted by atomic mass is 16.7. The summed E-state index contributed by atoms with van der Waals surface area (Å²) in [6.07, 6.45) is 5.33. The molecule has 2 unspecified atom stereocenters. The second kappa shape index (κ2) is 6.13. The largest absolute Gasteiger partial charge is 0.498 e. The van der Waals surface area contributed by atoms with E-state index in [-0.39, 0.29) is 24.7 Å². The van der Waals surface area contributed by atoms with Gasteiger partial charge in [0.2, 0.25) is 12.7 Å². The fourth-order valence-corrected chi connectivity index (χ4v) is 2.47. The molecule has 22 heavy (non-hydrogen) atoms. The Hall–Kier alpha value is -2.43. The van der Waals surface area contributed by atoms with Crippen LogP contribution in [0.1, 0.15) is 19.4 Å². The van der Waals surface area contributed by atoms with Crippen molar-refractivity contribution in [3.05, 3.63) is 41.7 Å². The lowest BCUT2D eigenvalue weighted by Crippen LogP contribution is -2.29. The molecule has 2 aliphatic rings. The zero-order valence-corrected chi connectivity index (χ0v) is 12.7. The molecule has 5 heteroatoms. The quantitative estimate of drug-likeness (QED) is 0.926. The maximum atomic E-state index is 7.75. The highest BCUT2D eigenvalue weighted by Gasteiger charge is 2.27. The van der Waals surface area contributed by atoms with E-state index in [1.807, 2.05) is 44.2 Å². The lowest BCUT2D eigenvalue weighted by Gasteiger charge is -2.28. The van der Waals surface area contributed by atoms with Crippen LogP contribution in [0.25, 0.3) is 6.08 Å². The predicted octanol–water partition coefficient (Wildman–Crippen LogP) is 3.36. The minimum Gasteiger partial charge on any atom is -0.498 e. The fraction of sp³-hybridized carbons (Fsp3) is 0.353. The molecule has 0 aliphatic carbocycles. The average Bonchev–Trinajstić information content (AvgIpc) is 2.97. The lowest BCUT2D eigenvalue weighted by molar-refractivity contribution is 0.113. The van der Waals surface area contributed by atoms with Crippen molar-refractivity contribution < 1.29 is 18.9 Å². The second-order valence-corrected chi connectivity index (χ2v) is 5.19. The van der Waals surface area contributed by atoms with Gasteiger partial charge in [-0.1, -0.05) is 19.1 Å². The molecule has 0 radical (unpaired) electrons. The molecule has 116 valence electrons. The average molecular weight is 301 g/mol. The third-order valence-corrected chi connectivity index (χ3v) is 3.66. The Morgan fingerprint density at radius 3 is 2.95 bits per heavy atom. The molecule has 0 saturated heterocycles. The monoisotopic (exact) mass is 301 g/mol. The predicted molar refractivity (Wildman–Crippen MR) is 83.1 cm³/mol. The van der Waals surface area contributed by atoms with Crippen LogP contribution in [0.3, 0.4) is 0 Å². The Bertz CT molecular complexity index is 636. The van der Waals surface area contributed by atoms with Gasteiger partial charge in [-0.15, -0.1) is 0 Å². The van der Waals surface area contributed by atoms with Crippen LogP contribution in [0, 0.1) is 11.3 Å². The summed E-state index contributed by atoms with van der Waals surface area (Å²) in [5, 5.41) is 7.75. The van der Waals surface area contributed by atoms with Crippen molar-refractivity contribution in [3.8, 4) is 11.5 Å². The van der Waals surface area contributed by atoms with Crippen LogP contribution in [-0.2, 0) is 9.47 Å². The standard InChI is InChI=1S/C17H19NO4/c1-3-19-15-9-17(18)22-13(11(15)2)6-4-12-5-7-14-16(8-12)21-10-20-14/h4-9,11,13,18H,3,10H2,1-2H3/b6-4+,18-17?. The van der Waals surface area contributed by atoms with Crippen LogP contribution in [0.4, 0.5) is 0 Å². The molecule has 2 heterocycles. The van der Waals surface area contributed by atoms with Crippen LogP contribution in [0.2, 0.25) is 0 Å². The van der Waals surface area contributed by atoms with Crippen LogP contribution < -0.4 is 9.47 Å². The zero-order valence-electron chi connectivity index (χ0n) is 12.7. The molecule has 1 aromatic carbocycles. The molecule has 1 N–H and O–H groups in total. The van der Waals surface area contributed by atoms with Gasteiger partial charge in [-0.05, 0) is 30.7 Å². The van der Waals surface area contributed by atoms with Gasteiger partial charge >= 0.3 is 0 Å². The minimum absolute atomic E-state index is 0.0688. The van der Waals surface area contributed by atoms with Crippen molar-refractivity contribution in [2.24, 2.45) is 5.92 Å². The smallest absolute Gasteiger partial charge is 0.231 e. The molecule has 0 aromatic heterocycles. The summed E-state index contributed by atoms with van der Waals surface area (Å²) in [4.78, 5) is 0. The van der Waals surface area contributed by atoms with Gasteiger partial charge in [0.25, 0.3) is 0 Å². The van der Waals surface area contributed by atoms with E-state index in [4.69, 9.17) is 24.4 Å². The molecule has 0 spiro atoms. The molecule has 0 bridgehead atoms. The Morgan fingerprint density at radius 1 is 1.32 bits per heavy atom. The van der Waals surface area contributed by atoms with Gasteiger partial charge in [0.15, 0.2) is 11.5 Å². The zero-order chi connectivity index (χ0) is 15.5. The molecule has 2 aliphatic heterocycles. The molecule has 0 saturated carbocycles. The Kier molecular flexibility index (Phi) is 4.04. The molecule has 2 atom stereocenters. The van der Waals surface area contributed by atoms with Gasteiger partial charge in [0, 0.05) is 6.08 Å². The number of rotatable bonds is 4. The molecule has 5 nitrogen and oxygen atoms in total. The van der Waals surface area contributed by atoms with Crippen LogP contribution in [0.15, 0.2) is 36.1 Å². The van der Waals surface area contributed by atoms with E-state index >= 15 is 0 Å². The molecule has 3 rings (SSSR count). The van der Waals surface area contributed by atoms with E-state index in [0.29, 0.717) is 6.61 Å². The highest BCUT2D eigenvalue weighted by Crippen LogP contribution is 2.33. The first-order chi connectivity index (χ1) is 10.7. The molecule has 0 amide bonds. The topological polar surface area (TPSA) is 60.8 Å². The Balaban J connectivity index is 1.74. The van der Waals surface area contributed by atoms with Gasteiger partial charge in [-0.25, -0.2) is 0 Å². The lowest BCUT2D eigenvalue weighted by atomic mass is 9.98. The molecular weight excluding hydrogens is 282 g/mol. The number of nitrogens with one attached hydrogen (secondary N) is 1. The maximum Gasteiger partial charge on any atom is 0.231 e. The SMILES string of the molecule is CCOC1=CC(=N)OC(/C=C/c2ccc3c(c2)OCO3)C1C. The third kappa shape index (κ3) is 2.93. The van der Waals surface area contributed by atoms with Crippen LogP contribution >= 0.6 is 0 Å². The van der Waals surface area contributed by atoms with Crippen molar-refractivity contribution >= 4 is 12.0 Å². The van der Waals surface area contributed by atoms with Crippen molar-refractivity contribution in [1.29, 1.82) is 5.41 Å². The summed E-state index contributed by atoms with van der Waals surface area (Å²) in [5.41, 5.74) is 0.999. The summed E-state index contributed by atoms with van der Waals surface area (Å²) in [6, 6.07) is 5.78. The van der Waals surface area contributed by atoms with E-state index in [1.54, 1.807) is 6.08 Å². The summed E-state index contributed by atoms with van der Waals surface area (Å²) >= 11 is 0. The van der Waals surface area contributed by atoms with Crippen LogP contribution in [0.5, 0.6) is 11.5 Å². The summed E-state index contributed by atoms with van der Waals surface area (Å²) in [6.45, 7) is 4.82. The molecule has 0 fully saturated rings. The van der Waals surface area contributed by atoms with Crippen LogP contribution in [-0.4, -0.2) is 25.4 Å². The number of ether oxygens (including phenoxy) is 4. The van der Waals surface area contributed by atoms with Gasteiger partial charge < -0.3 is 18.9 Å². The molecular formula is C17H19NO4. The van der Waals surface area contributed by atoms with Crippen molar-refractivity contribution in [1.82, 2.24) is 0 Å². The Labute approximate surface area is 129 Å². The van der Waals surface area contributed by atoms with Gasteiger partial charge in [0.1, 0.15) is 11.9 Å². The van der Waals surface area contributed by atoms with E-state index in [9.17, 15) is 0 Å². The summed E-state index contributed by atoms with van der Waals surface area (Å²) in [7, 11) is 0. The first-order valence-corrected chi connectivity index (χ1v) is 7.35. The van der Waals surface area contributed by atoms with E-state index in [1.165, 1.54) is 0 Å². The second-order valence-electron chi connectivity index (χ2n) is 5.19. The third-order valence-electron chi connectivity index (χ3n) is 3.66. The first-order valence-electron chi connectivity index (χ1n) is 7.35. The van der Waals surface area contributed by atoms with Gasteiger partial charge in [0.05, 0.1) is 12.5 Å². The Morgan fingerprint density at radius 2 is 2.14 bits per heavy atom. The van der Waals surface area contributed by atoms with E-state index in [0.717, 1.165) is 22.8 Å². The van der Waals surface area contributed by atoms with Crippen molar-refractivity contribution in [2.45, 2.75) is 20.0 Å². The normalized spacial score (nSPS) is 23.4. The number of fused-ring (bicyclic) bond motifs is 1. The number of hydrogen-bond acceptors (Lipinski definition) is 5. The summed E-state index contributed by atoms with van der Waals surface area (Å²) < 4.78 is 21.8. The van der Waals surface area contributed by atoms with Crippen molar-refractivity contribution in [2.75, 3.05) is 13.4 Å². The fourth-order valence-electron chi connectivity index (χ4n) is 2.47. The van der Waals surface area contributed by atoms with E-state index < -0.39 is 0 Å². The first kappa shape index (κ1) is 14.5. The van der Waals surface area contributed by atoms with E-state index in [2.05, 4.69) is 0 Å². The van der Waals surface area contributed by atoms with Gasteiger partial charge in [-0.3, -0.25) is 5.41 Å². The minimum atomic E-state index is -0.218. The number of benzene rings is 1. The van der Waals surface area contributed by atoms with Gasteiger partial charge in [-0.2, -0.15) is 0 Å².